The van der Waals surface area contributed by atoms with Crippen LogP contribution in [-0.4, -0.2) is 5.97 Å². The fourth-order valence-corrected chi connectivity index (χ4v) is 7.39. The molecule has 0 fully saturated rings. The lowest BCUT2D eigenvalue weighted by Gasteiger charge is -2.47. The maximum absolute atomic E-state index is 12.8. The van der Waals surface area contributed by atoms with Crippen molar-refractivity contribution in [1.29, 1.82) is 0 Å². The van der Waals surface area contributed by atoms with Gasteiger partial charge in [-0.2, -0.15) is 0 Å². The summed E-state index contributed by atoms with van der Waals surface area (Å²) in [5, 5.41) is 12.8. The third kappa shape index (κ3) is 21.2. The predicted octanol–water partition coefficient (Wildman–Crippen LogP) is 13.0. The Morgan fingerprint density at radius 2 is 0.786 bits per heavy atom. The van der Waals surface area contributed by atoms with Crippen molar-refractivity contribution in [2.24, 2.45) is 23.2 Å². The first-order valence-electron chi connectivity index (χ1n) is 19.1. The van der Waals surface area contributed by atoms with Gasteiger partial charge in [-0.15, -0.1) is 0 Å². The van der Waals surface area contributed by atoms with Crippen molar-refractivity contribution in [2.75, 3.05) is 0 Å². The molecule has 0 aromatic carbocycles. The van der Waals surface area contributed by atoms with Gasteiger partial charge in [0.25, 0.3) is 0 Å². The Morgan fingerprint density at radius 3 is 1.05 bits per heavy atom. The Kier molecular flexibility index (Phi) is 31.6. The zero-order valence-electron chi connectivity index (χ0n) is 30.3. The van der Waals surface area contributed by atoms with Crippen LogP contribution >= 0.6 is 0 Å². The second-order valence-corrected chi connectivity index (χ2v) is 14.4. The molecule has 0 amide bonds. The summed E-state index contributed by atoms with van der Waals surface area (Å²) in [6.07, 6.45) is 36.7. The van der Waals surface area contributed by atoms with E-state index in [4.69, 9.17) is 0 Å². The highest BCUT2D eigenvalue weighted by atomic mass is 16.4. The number of quaternary nitrogens is 1. The standard InChI is InChI=1S/C39H78O2.H3N/c1-7-9-11-13-15-17-19-21-23-25-27-29-31-33-37(35(3)4)39(36(5)6,38(40)41)34-32-30-28-26-24-22-20-18-16-14-12-10-8-2;/h35-37H,7-34H2,1-6H3,(H,40,41);1H3. The smallest absolute Gasteiger partial charge is 0.0481 e. The quantitative estimate of drug-likeness (QED) is 0.0785. The average molecular weight is 596 g/mol. The van der Waals surface area contributed by atoms with E-state index in [0.717, 1.165) is 19.3 Å². The Morgan fingerprint density at radius 1 is 0.500 bits per heavy atom. The molecule has 0 aromatic heterocycles. The maximum Gasteiger partial charge on any atom is 0.0481 e. The molecule has 0 radical (unpaired) electrons. The van der Waals surface area contributed by atoms with Crippen LogP contribution < -0.4 is 11.3 Å². The molecule has 42 heavy (non-hydrogen) atoms. The zero-order valence-corrected chi connectivity index (χ0v) is 30.3. The topological polar surface area (TPSA) is 76.6 Å². The molecule has 0 saturated heterocycles. The van der Waals surface area contributed by atoms with E-state index in [9.17, 15) is 9.90 Å². The third-order valence-electron chi connectivity index (χ3n) is 10.2. The number of aliphatic carboxylic acids is 1. The Balaban J connectivity index is 0. The van der Waals surface area contributed by atoms with Gasteiger partial charge < -0.3 is 16.1 Å². The first kappa shape index (κ1) is 43.6. The van der Waals surface area contributed by atoms with E-state index in [-0.39, 0.29) is 18.0 Å². The van der Waals surface area contributed by atoms with E-state index >= 15 is 0 Å². The zero-order chi connectivity index (χ0) is 30.6. The van der Waals surface area contributed by atoms with Gasteiger partial charge in [-0.1, -0.05) is 208 Å². The number of carbonyl (C=O) groups is 1. The number of unbranched alkanes of at least 4 members (excludes halogenated alkanes) is 24. The summed E-state index contributed by atoms with van der Waals surface area (Å²) in [4.78, 5) is 12.8. The fraction of sp³-hybridized carbons (Fsp3) is 0.974. The number of hydrogen-bond acceptors (Lipinski definition) is 2. The van der Waals surface area contributed by atoms with Gasteiger partial charge >= 0.3 is 0 Å². The molecule has 0 aliphatic heterocycles. The van der Waals surface area contributed by atoms with Crippen LogP contribution in [0.15, 0.2) is 0 Å². The predicted molar refractivity (Wildman–Crippen MR) is 187 cm³/mol. The van der Waals surface area contributed by atoms with E-state index in [1.54, 1.807) is 0 Å². The molecule has 3 heteroatoms. The first-order chi connectivity index (χ1) is 19.8. The first-order valence-corrected chi connectivity index (χ1v) is 19.1. The highest BCUT2D eigenvalue weighted by Gasteiger charge is 2.43. The summed E-state index contributed by atoms with van der Waals surface area (Å²) < 4.78 is 0. The molecule has 0 rings (SSSR count). The monoisotopic (exact) mass is 596 g/mol. The van der Waals surface area contributed by atoms with E-state index < -0.39 is 11.4 Å². The van der Waals surface area contributed by atoms with Gasteiger partial charge in [-0.3, -0.25) is 0 Å². The molecule has 4 N–H and O–H groups in total. The minimum atomic E-state index is -0.778. The summed E-state index contributed by atoms with van der Waals surface area (Å²) in [6.45, 7) is 13.3. The van der Waals surface area contributed by atoms with Gasteiger partial charge in [0, 0.05) is 11.4 Å². The van der Waals surface area contributed by atoms with E-state index in [2.05, 4.69) is 41.5 Å². The summed E-state index contributed by atoms with van der Waals surface area (Å²) in [5.74, 6) is -0.0498. The maximum atomic E-state index is 12.8. The summed E-state index contributed by atoms with van der Waals surface area (Å²) in [7, 11) is 0. The molecule has 0 aromatic rings. The van der Waals surface area contributed by atoms with Crippen molar-refractivity contribution in [3.8, 4) is 0 Å². The third-order valence-corrected chi connectivity index (χ3v) is 10.2. The van der Waals surface area contributed by atoms with Crippen LogP contribution in [0.2, 0.25) is 0 Å². The van der Waals surface area contributed by atoms with Gasteiger partial charge in [-0.25, -0.2) is 0 Å². The molecule has 3 nitrogen and oxygen atoms in total. The second kappa shape index (κ2) is 30.5. The number of carbonyl (C=O) groups excluding carboxylic acids is 1. The SMILES string of the molecule is CCCCCCCCCCCCCCCC(C(C)C)C(CCCCCCCCCCCCCCC)(C(=O)[O-])C(C)C.[NH4+]. The van der Waals surface area contributed by atoms with Gasteiger partial charge in [0.2, 0.25) is 0 Å². The van der Waals surface area contributed by atoms with Crippen molar-refractivity contribution in [3.05, 3.63) is 0 Å². The van der Waals surface area contributed by atoms with Crippen LogP contribution in [-0.2, 0) is 4.79 Å². The van der Waals surface area contributed by atoms with Crippen LogP contribution in [0.4, 0.5) is 0 Å². The minimum Gasteiger partial charge on any atom is -0.550 e. The van der Waals surface area contributed by atoms with Gasteiger partial charge in [0.1, 0.15) is 0 Å². The largest absolute Gasteiger partial charge is 0.550 e. The Bertz CT molecular complexity index is 561. The summed E-state index contributed by atoms with van der Waals surface area (Å²) in [5.41, 5.74) is -0.678. The van der Waals surface area contributed by atoms with E-state index in [1.165, 1.54) is 161 Å². The molecule has 0 saturated carbocycles. The van der Waals surface area contributed by atoms with Crippen molar-refractivity contribution in [2.45, 2.75) is 221 Å². The summed E-state index contributed by atoms with van der Waals surface area (Å²) >= 11 is 0. The van der Waals surface area contributed by atoms with Crippen LogP contribution in [0.5, 0.6) is 0 Å². The van der Waals surface area contributed by atoms with Gasteiger partial charge in [-0.05, 0) is 30.6 Å². The van der Waals surface area contributed by atoms with E-state index in [0.29, 0.717) is 5.92 Å². The summed E-state index contributed by atoms with van der Waals surface area (Å²) in [6, 6.07) is 0. The highest BCUT2D eigenvalue weighted by Crippen LogP contribution is 2.46. The van der Waals surface area contributed by atoms with Gasteiger partial charge in [0.05, 0.1) is 0 Å². The lowest BCUT2D eigenvalue weighted by Crippen LogP contribution is -2.52. The van der Waals surface area contributed by atoms with E-state index in [1.807, 2.05) is 0 Å². The molecule has 0 bridgehead atoms. The molecule has 2 atom stereocenters. The van der Waals surface area contributed by atoms with Crippen LogP contribution in [0.1, 0.15) is 221 Å². The second-order valence-electron chi connectivity index (χ2n) is 14.4. The fourth-order valence-electron chi connectivity index (χ4n) is 7.39. The highest BCUT2D eigenvalue weighted by molar-refractivity contribution is 5.73. The molecule has 0 aliphatic carbocycles. The number of rotatable bonds is 32. The molecule has 0 spiro atoms. The molecule has 0 heterocycles. The van der Waals surface area contributed by atoms with Crippen molar-refractivity contribution in [3.63, 3.8) is 0 Å². The lowest BCUT2D eigenvalue weighted by molar-refractivity contribution is -0.327. The number of carboxylic acids is 1. The minimum absolute atomic E-state index is 0. The number of hydrogen-bond donors (Lipinski definition) is 1. The Labute approximate surface area is 266 Å². The molecular formula is C39H81NO2. The van der Waals surface area contributed by atoms with Crippen molar-refractivity contribution >= 4 is 5.97 Å². The van der Waals surface area contributed by atoms with Crippen LogP contribution in [0.25, 0.3) is 0 Å². The van der Waals surface area contributed by atoms with Gasteiger partial charge in [0.15, 0.2) is 0 Å². The molecule has 254 valence electrons. The molecular weight excluding hydrogens is 514 g/mol. The van der Waals surface area contributed by atoms with Crippen LogP contribution in [0.3, 0.4) is 0 Å². The lowest BCUT2D eigenvalue weighted by atomic mass is 9.60. The van der Waals surface area contributed by atoms with Crippen molar-refractivity contribution < 1.29 is 9.90 Å². The Hall–Kier alpha value is -0.570. The average Bonchev–Trinajstić information content (AvgIpc) is 2.93. The molecule has 0 aliphatic rings. The normalized spacial score (nSPS) is 13.8. The van der Waals surface area contributed by atoms with Crippen LogP contribution in [0, 0.1) is 23.2 Å². The van der Waals surface area contributed by atoms with Crippen molar-refractivity contribution in [1.82, 2.24) is 6.15 Å². The molecule has 2 unspecified atom stereocenters. The number of carboxylic acid groups (broad SMARTS) is 1.